The van der Waals surface area contributed by atoms with Gasteiger partial charge in [-0.15, -0.1) is 11.3 Å². The van der Waals surface area contributed by atoms with Crippen LogP contribution in [0.2, 0.25) is 0 Å². The second-order valence-electron chi connectivity index (χ2n) is 6.05. The molecule has 0 saturated carbocycles. The van der Waals surface area contributed by atoms with E-state index in [1.165, 1.54) is 35.3 Å². The van der Waals surface area contributed by atoms with Crippen LogP contribution in [0.1, 0.15) is 43.8 Å². The summed E-state index contributed by atoms with van der Waals surface area (Å²) in [6.07, 6.45) is 3.22. The molecule has 1 aliphatic rings. The maximum atomic E-state index is 12.3. The molecule has 24 heavy (non-hydrogen) atoms. The minimum absolute atomic E-state index is 0.279. The molecule has 5 nitrogen and oxygen atoms in total. The van der Waals surface area contributed by atoms with Gasteiger partial charge >= 0.3 is 0 Å². The van der Waals surface area contributed by atoms with Crippen molar-refractivity contribution in [1.29, 1.82) is 0 Å². The molecule has 3 rings (SSSR count). The smallest absolute Gasteiger partial charge is 0.279 e. The summed E-state index contributed by atoms with van der Waals surface area (Å²) in [6.45, 7) is 2.23. The van der Waals surface area contributed by atoms with Gasteiger partial charge in [0.05, 0.1) is 12.0 Å². The molecule has 1 heterocycles. The molecule has 0 unspecified atom stereocenters. The zero-order valence-electron chi connectivity index (χ0n) is 13.7. The van der Waals surface area contributed by atoms with Crippen molar-refractivity contribution in [1.82, 2.24) is 10.9 Å². The first-order chi connectivity index (χ1) is 11.6. The van der Waals surface area contributed by atoms with Crippen LogP contribution in [0, 0.1) is 5.92 Å². The van der Waals surface area contributed by atoms with Gasteiger partial charge < -0.3 is 4.74 Å². The predicted molar refractivity (Wildman–Crippen MR) is 93.4 cm³/mol. The number of hydrogen-bond donors (Lipinski definition) is 2. The van der Waals surface area contributed by atoms with Gasteiger partial charge in [0, 0.05) is 10.4 Å². The van der Waals surface area contributed by atoms with Gasteiger partial charge in [0.2, 0.25) is 0 Å². The SMILES string of the molecule is COc1cccc(C(=O)NNC(=O)c2cc3c(s2)CC[C@@H](C)C3)c1. The maximum absolute atomic E-state index is 12.3. The Morgan fingerprint density at radius 1 is 1.21 bits per heavy atom. The number of fused-ring (bicyclic) bond motifs is 1. The lowest BCUT2D eigenvalue weighted by Crippen LogP contribution is -2.41. The highest BCUT2D eigenvalue weighted by Crippen LogP contribution is 2.32. The van der Waals surface area contributed by atoms with Gasteiger partial charge in [0.15, 0.2) is 0 Å². The second-order valence-corrected chi connectivity index (χ2v) is 7.18. The fourth-order valence-electron chi connectivity index (χ4n) is 2.83. The van der Waals surface area contributed by atoms with Crippen LogP contribution in [-0.2, 0) is 12.8 Å². The first kappa shape index (κ1) is 16.5. The van der Waals surface area contributed by atoms with E-state index in [1.807, 2.05) is 6.07 Å². The van der Waals surface area contributed by atoms with Crippen LogP contribution in [0.25, 0.3) is 0 Å². The van der Waals surface area contributed by atoms with E-state index >= 15 is 0 Å². The van der Waals surface area contributed by atoms with Crippen molar-refractivity contribution in [2.45, 2.75) is 26.2 Å². The van der Waals surface area contributed by atoms with Crippen molar-refractivity contribution in [3.8, 4) is 5.75 Å². The molecule has 1 atom stereocenters. The van der Waals surface area contributed by atoms with Crippen LogP contribution < -0.4 is 15.6 Å². The van der Waals surface area contributed by atoms with E-state index in [0.29, 0.717) is 22.1 Å². The van der Waals surface area contributed by atoms with Crippen molar-refractivity contribution >= 4 is 23.2 Å². The Bertz CT molecular complexity index is 769. The summed E-state index contributed by atoms with van der Waals surface area (Å²) < 4.78 is 5.09. The van der Waals surface area contributed by atoms with Crippen molar-refractivity contribution in [3.63, 3.8) is 0 Å². The predicted octanol–water partition coefficient (Wildman–Crippen LogP) is 2.96. The third-order valence-electron chi connectivity index (χ3n) is 4.17. The van der Waals surface area contributed by atoms with E-state index in [-0.39, 0.29) is 11.8 Å². The summed E-state index contributed by atoms with van der Waals surface area (Å²) in [5, 5.41) is 0. The van der Waals surface area contributed by atoms with Crippen LogP contribution in [0.3, 0.4) is 0 Å². The molecule has 0 radical (unpaired) electrons. The van der Waals surface area contributed by atoms with Crippen LogP contribution in [0.5, 0.6) is 5.75 Å². The van der Waals surface area contributed by atoms with E-state index in [0.717, 1.165) is 12.8 Å². The normalized spacial score (nSPS) is 16.2. The van der Waals surface area contributed by atoms with Crippen LogP contribution >= 0.6 is 11.3 Å². The topological polar surface area (TPSA) is 67.4 Å². The zero-order valence-corrected chi connectivity index (χ0v) is 14.5. The lowest BCUT2D eigenvalue weighted by molar-refractivity contribution is 0.0848. The number of rotatable bonds is 3. The number of benzene rings is 1. The number of thiophene rings is 1. The second kappa shape index (κ2) is 7.05. The molecule has 1 aromatic carbocycles. The molecule has 1 aromatic heterocycles. The van der Waals surface area contributed by atoms with Gasteiger partial charge in [-0.25, -0.2) is 0 Å². The number of hydrogen-bond acceptors (Lipinski definition) is 4. The fraction of sp³-hybridized carbons (Fsp3) is 0.333. The van der Waals surface area contributed by atoms with E-state index in [1.54, 1.807) is 24.3 Å². The summed E-state index contributed by atoms with van der Waals surface area (Å²) in [4.78, 5) is 26.3. The molecule has 0 bridgehead atoms. The van der Waals surface area contributed by atoms with Crippen LogP contribution in [-0.4, -0.2) is 18.9 Å². The summed E-state index contributed by atoms with van der Waals surface area (Å²) in [5.41, 5.74) is 6.63. The summed E-state index contributed by atoms with van der Waals surface area (Å²) in [7, 11) is 1.54. The minimum Gasteiger partial charge on any atom is -0.497 e. The van der Waals surface area contributed by atoms with E-state index in [2.05, 4.69) is 17.8 Å². The number of hydrazine groups is 1. The molecule has 2 aromatic rings. The Labute approximate surface area is 145 Å². The molecule has 0 aliphatic heterocycles. The first-order valence-corrected chi connectivity index (χ1v) is 8.75. The van der Waals surface area contributed by atoms with Crippen molar-refractivity contribution in [2.24, 2.45) is 5.92 Å². The molecule has 1 aliphatic carbocycles. The number of carbonyl (C=O) groups excluding carboxylic acids is 2. The Kier molecular flexibility index (Phi) is 4.85. The van der Waals surface area contributed by atoms with Crippen LogP contribution in [0.4, 0.5) is 0 Å². The average molecular weight is 344 g/mol. The van der Waals surface area contributed by atoms with Gasteiger partial charge in [-0.2, -0.15) is 0 Å². The summed E-state index contributed by atoms with van der Waals surface area (Å²) in [6, 6.07) is 8.71. The largest absolute Gasteiger partial charge is 0.497 e. The number of aryl methyl sites for hydroxylation is 1. The molecule has 126 valence electrons. The maximum Gasteiger partial charge on any atom is 0.279 e. The third-order valence-corrected chi connectivity index (χ3v) is 5.41. The Balaban J connectivity index is 1.62. The first-order valence-electron chi connectivity index (χ1n) is 7.93. The van der Waals surface area contributed by atoms with Crippen LogP contribution in [0.15, 0.2) is 30.3 Å². The van der Waals surface area contributed by atoms with E-state index < -0.39 is 0 Å². The monoisotopic (exact) mass is 344 g/mol. The zero-order chi connectivity index (χ0) is 17.1. The van der Waals surface area contributed by atoms with E-state index in [9.17, 15) is 9.59 Å². The molecular formula is C18H20N2O3S. The van der Waals surface area contributed by atoms with Crippen molar-refractivity contribution in [3.05, 3.63) is 51.2 Å². The molecule has 2 amide bonds. The summed E-state index contributed by atoms with van der Waals surface area (Å²) >= 11 is 1.52. The van der Waals surface area contributed by atoms with E-state index in [4.69, 9.17) is 4.74 Å². The number of ether oxygens (including phenoxy) is 1. The average Bonchev–Trinajstić information content (AvgIpc) is 3.02. The fourth-order valence-corrected chi connectivity index (χ4v) is 3.93. The molecule has 0 saturated heterocycles. The lowest BCUT2D eigenvalue weighted by Gasteiger charge is -2.16. The standard InChI is InChI=1S/C18H20N2O3S/c1-11-6-7-15-13(8-11)10-16(24-15)18(22)20-19-17(21)12-4-3-5-14(9-12)23-2/h3-5,9-11H,6-8H2,1-2H3,(H,19,21)(H,20,22)/t11-/m1/s1. The number of amides is 2. The minimum atomic E-state index is -0.378. The third kappa shape index (κ3) is 3.59. The molecule has 0 spiro atoms. The van der Waals surface area contributed by atoms with Crippen molar-refractivity contribution < 1.29 is 14.3 Å². The molecule has 6 heteroatoms. The van der Waals surface area contributed by atoms with Gasteiger partial charge in [-0.05, 0) is 55.0 Å². The number of methoxy groups -OCH3 is 1. The van der Waals surface area contributed by atoms with Gasteiger partial charge in [-0.3, -0.25) is 20.4 Å². The Morgan fingerprint density at radius 3 is 2.79 bits per heavy atom. The highest BCUT2D eigenvalue weighted by atomic mass is 32.1. The van der Waals surface area contributed by atoms with Gasteiger partial charge in [-0.1, -0.05) is 13.0 Å². The molecule has 0 fully saturated rings. The molecule has 2 N–H and O–H groups in total. The Hall–Kier alpha value is -2.34. The highest BCUT2D eigenvalue weighted by molar-refractivity contribution is 7.14. The molecular weight excluding hydrogens is 324 g/mol. The van der Waals surface area contributed by atoms with Crippen molar-refractivity contribution in [2.75, 3.05) is 7.11 Å². The summed E-state index contributed by atoms with van der Waals surface area (Å²) in [5.74, 6) is 0.597. The lowest BCUT2D eigenvalue weighted by atomic mass is 9.90. The Morgan fingerprint density at radius 2 is 2.00 bits per heavy atom. The number of carbonyl (C=O) groups is 2. The quantitative estimate of drug-likeness (QED) is 0.841. The highest BCUT2D eigenvalue weighted by Gasteiger charge is 2.21. The van der Waals surface area contributed by atoms with Gasteiger partial charge in [0.1, 0.15) is 5.75 Å². The number of nitrogens with one attached hydrogen (secondary N) is 2. The van der Waals surface area contributed by atoms with Gasteiger partial charge in [0.25, 0.3) is 11.8 Å².